The van der Waals surface area contributed by atoms with Crippen molar-refractivity contribution < 1.29 is 17.9 Å². The highest BCUT2D eigenvalue weighted by atomic mass is 127. The van der Waals surface area contributed by atoms with Crippen LogP contribution in [0.5, 0.6) is 5.75 Å². The van der Waals surface area contributed by atoms with Crippen LogP contribution in [0.15, 0.2) is 115 Å². The minimum absolute atomic E-state index is 0.0779. The van der Waals surface area contributed by atoms with Gasteiger partial charge in [0.25, 0.3) is 10.0 Å². The molecule has 0 aliphatic carbocycles. The number of hydrogen-bond donors (Lipinski definition) is 2. The van der Waals surface area contributed by atoms with Gasteiger partial charge in [-0.25, -0.2) is 42.3 Å². The first-order chi connectivity index (χ1) is 32.0. The minimum atomic E-state index is -3.71. The second-order valence-corrected chi connectivity index (χ2v) is 18.4. The highest BCUT2D eigenvalue weighted by Crippen LogP contribution is 2.34. The predicted octanol–water partition coefficient (Wildman–Crippen LogP) is 8.39. The Morgan fingerprint density at radius 3 is 1.98 bits per heavy atom. The fourth-order valence-electron chi connectivity index (χ4n) is 7.21. The number of nitriles is 1. The zero-order valence-electron chi connectivity index (χ0n) is 34.8. The number of nitrogens with one attached hydrogen (secondary N) is 2. The monoisotopic (exact) mass is 1050 g/mol. The van der Waals surface area contributed by atoms with Crippen molar-refractivity contribution in [2.24, 2.45) is 14.1 Å². The fraction of sp³-hybridized carbons (Fsp3) is 0.159. The van der Waals surface area contributed by atoms with Gasteiger partial charge in [-0.15, -0.1) is 0 Å². The molecule has 0 amide bonds. The second kappa shape index (κ2) is 19.0. The van der Waals surface area contributed by atoms with Crippen molar-refractivity contribution in [1.82, 2.24) is 63.4 Å². The van der Waals surface area contributed by atoms with Crippen LogP contribution >= 0.6 is 45.8 Å². The van der Waals surface area contributed by atoms with Gasteiger partial charge in [0.05, 0.1) is 67.6 Å². The molecule has 1 aliphatic heterocycles. The maximum absolute atomic E-state index is 12.7. The van der Waals surface area contributed by atoms with Gasteiger partial charge in [0, 0.05) is 61.4 Å². The molecule has 0 radical (unpaired) electrons. The van der Waals surface area contributed by atoms with Gasteiger partial charge in [0.1, 0.15) is 58.5 Å². The molecule has 1 saturated heterocycles. The molecular formula is C44H35Cl2IN14O4S. The molecule has 332 valence electrons. The summed E-state index contributed by atoms with van der Waals surface area (Å²) in [5.74, 6) is 0.601. The smallest absolute Gasteiger partial charge is 0.270 e. The van der Waals surface area contributed by atoms with Crippen molar-refractivity contribution >= 4 is 88.9 Å². The lowest BCUT2D eigenvalue weighted by Crippen LogP contribution is -2.26. The van der Waals surface area contributed by atoms with Crippen molar-refractivity contribution in [2.45, 2.75) is 23.8 Å². The van der Waals surface area contributed by atoms with E-state index >= 15 is 0 Å². The van der Waals surface area contributed by atoms with E-state index in [2.05, 4.69) is 56.1 Å². The minimum Gasteiger partial charge on any atom is -0.489 e. The van der Waals surface area contributed by atoms with E-state index in [0.29, 0.717) is 38.8 Å². The number of H-pyrrole nitrogens is 2. The number of aromatic amines is 2. The van der Waals surface area contributed by atoms with Gasteiger partial charge in [0.2, 0.25) is 0 Å². The van der Waals surface area contributed by atoms with Crippen LogP contribution in [0.2, 0.25) is 10.3 Å². The first-order valence-electron chi connectivity index (χ1n) is 20.0. The van der Waals surface area contributed by atoms with Gasteiger partial charge in [-0.1, -0.05) is 41.4 Å². The summed E-state index contributed by atoms with van der Waals surface area (Å²) in [6.07, 6.45) is 13.4. The number of aryl methyl sites for hydroxylation is 2. The van der Waals surface area contributed by atoms with Gasteiger partial charge in [-0.3, -0.25) is 9.36 Å². The van der Waals surface area contributed by atoms with E-state index in [9.17, 15) is 13.7 Å². The quantitative estimate of drug-likeness (QED) is 0.113. The van der Waals surface area contributed by atoms with Gasteiger partial charge in [-0.05, 0) is 71.1 Å². The van der Waals surface area contributed by atoms with Crippen molar-refractivity contribution in [1.29, 1.82) is 5.26 Å². The summed E-state index contributed by atoms with van der Waals surface area (Å²) >= 11 is 13.9. The number of nitrogens with zero attached hydrogens (tertiary/aromatic N) is 12. The summed E-state index contributed by atoms with van der Waals surface area (Å²) < 4.78 is 42.0. The third-order valence-electron chi connectivity index (χ3n) is 10.4. The Morgan fingerprint density at radius 1 is 0.758 bits per heavy atom. The maximum atomic E-state index is 12.7. The Kier molecular flexibility index (Phi) is 12.8. The average molecular weight is 1050 g/mol. The Hall–Kier alpha value is -6.77. The van der Waals surface area contributed by atoms with Crippen LogP contribution < -0.4 is 4.74 Å². The summed E-state index contributed by atoms with van der Waals surface area (Å²) in [7, 11) is 0.0443. The van der Waals surface area contributed by atoms with Crippen molar-refractivity contribution in [2.75, 3.05) is 13.2 Å². The average Bonchev–Trinajstić information content (AvgIpc) is 4.18. The lowest BCUT2D eigenvalue weighted by molar-refractivity contribution is 0.0254. The summed E-state index contributed by atoms with van der Waals surface area (Å²) in [6, 6.07) is 21.7. The van der Waals surface area contributed by atoms with Crippen LogP contribution in [0.3, 0.4) is 0 Å². The molecule has 1 aliphatic rings. The first-order valence-corrected chi connectivity index (χ1v) is 23.3. The molecule has 8 aromatic heterocycles. The normalized spacial score (nSPS) is 13.0. The molecule has 66 heavy (non-hydrogen) atoms. The van der Waals surface area contributed by atoms with Gasteiger partial charge in [-0.2, -0.15) is 15.5 Å². The third-order valence-corrected chi connectivity index (χ3v) is 13.9. The molecule has 0 spiro atoms. The molecule has 2 N–H and O–H groups in total. The number of halogens is 3. The topological polar surface area (TPSA) is 226 Å². The number of hydrogen-bond acceptors (Lipinski definition) is 13. The molecule has 9 heterocycles. The molecule has 22 heteroatoms. The number of rotatable bonds is 7. The van der Waals surface area contributed by atoms with Crippen molar-refractivity contribution in [3.05, 3.63) is 130 Å². The summed E-state index contributed by atoms with van der Waals surface area (Å²) in [5.41, 5.74) is 7.67. The number of benzene rings is 2. The zero-order valence-corrected chi connectivity index (χ0v) is 39.3. The predicted molar refractivity (Wildman–Crippen MR) is 256 cm³/mol. The van der Waals surface area contributed by atoms with Crippen LogP contribution in [0, 0.1) is 15.0 Å². The maximum Gasteiger partial charge on any atom is 0.270 e. The van der Waals surface area contributed by atoms with E-state index in [1.807, 2.05) is 79.4 Å². The van der Waals surface area contributed by atoms with Crippen LogP contribution in [0.1, 0.15) is 18.4 Å². The Morgan fingerprint density at radius 2 is 1.36 bits per heavy atom. The van der Waals surface area contributed by atoms with E-state index in [1.165, 1.54) is 23.0 Å². The molecule has 0 saturated carbocycles. The standard InChI is InChI=1S/C22H20N6O2.C12H7ClIN3O2S.C10H8ClN5/c1-28-12-16(11-26-28)19-9-18-21(24-13-25-22(18)27-19)14-2-3-20(15(8-14)10-23)30-17-4-6-29-7-5-17;13-11-9-6-10(14)17(12(9)16-7-15-11)20(18,19)8-4-2-1-3-5-8;1-16-4-6(3-14-16)8-2-7-9(11)12-5-13-10(7)15-8/h2-3,8-9,11-13,17H,4-7H2,1H3,(H,24,25,27);1-7H;2-5H,1H3,(H,12,13,15). The lowest BCUT2D eigenvalue weighted by atomic mass is 10.0. The van der Waals surface area contributed by atoms with Crippen LogP contribution in [0.4, 0.5) is 0 Å². The molecule has 0 unspecified atom stereocenters. The molecule has 1 fully saturated rings. The van der Waals surface area contributed by atoms with Crippen LogP contribution in [-0.4, -0.2) is 91.1 Å². The van der Waals surface area contributed by atoms with E-state index < -0.39 is 10.0 Å². The van der Waals surface area contributed by atoms with Crippen LogP contribution in [0.25, 0.3) is 66.9 Å². The Labute approximate surface area is 399 Å². The van der Waals surface area contributed by atoms with E-state index in [1.54, 1.807) is 58.2 Å². The molecular weight excluding hydrogens is 1020 g/mol. The van der Waals surface area contributed by atoms with Crippen LogP contribution in [-0.2, 0) is 28.9 Å². The first kappa shape index (κ1) is 44.4. The molecule has 11 rings (SSSR count). The SMILES string of the molecule is Cn1cc(-c2cc3c(-c4ccc(OC5CCOCC5)c(C#N)c4)ncnc3[nH]2)cn1.Cn1cc(-c2cc3c(Cl)ncnc3[nH]2)cn1.O=S(=O)(c1ccccc1)n1c(I)cc2c(Cl)ncnc21. The summed E-state index contributed by atoms with van der Waals surface area (Å²) in [6.45, 7) is 1.38. The molecule has 2 aromatic carbocycles. The highest BCUT2D eigenvalue weighted by Gasteiger charge is 2.24. The van der Waals surface area contributed by atoms with Gasteiger partial charge >= 0.3 is 0 Å². The zero-order chi connectivity index (χ0) is 46.0. The Bertz CT molecular complexity index is 3520. The number of ether oxygens (including phenoxy) is 2. The van der Waals surface area contributed by atoms with E-state index in [4.69, 9.17) is 32.7 Å². The Balaban J connectivity index is 0.000000132. The lowest BCUT2D eigenvalue weighted by Gasteiger charge is -2.23. The van der Waals surface area contributed by atoms with E-state index in [-0.39, 0.29) is 21.8 Å². The summed E-state index contributed by atoms with van der Waals surface area (Å²) in [4.78, 5) is 31.5. The van der Waals surface area contributed by atoms with Gasteiger partial charge < -0.3 is 19.4 Å². The van der Waals surface area contributed by atoms with Crippen molar-refractivity contribution in [3.8, 4) is 45.6 Å². The van der Waals surface area contributed by atoms with E-state index in [0.717, 1.165) is 68.7 Å². The third kappa shape index (κ3) is 9.20. The molecule has 0 bridgehead atoms. The second-order valence-electron chi connectivity index (χ2n) is 14.8. The van der Waals surface area contributed by atoms with Crippen molar-refractivity contribution in [3.63, 3.8) is 0 Å². The highest BCUT2D eigenvalue weighted by molar-refractivity contribution is 14.1. The molecule has 18 nitrogen and oxygen atoms in total. The number of fused-ring (bicyclic) bond motifs is 3. The molecule has 0 atom stereocenters. The fourth-order valence-corrected chi connectivity index (χ4v) is 10.3. The molecule has 10 aromatic rings. The van der Waals surface area contributed by atoms with Gasteiger partial charge in [0.15, 0.2) is 5.65 Å². The summed E-state index contributed by atoms with van der Waals surface area (Å²) in [5, 5.41) is 20.9. The number of aromatic nitrogens is 13. The largest absolute Gasteiger partial charge is 0.489 e.